The summed E-state index contributed by atoms with van der Waals surface area (Å²) in [6.07, 6.45) is 2.48. The quantitative estimate of drug-likeness (QED) is 0.895. The Labute approximate surface area is 121 Å². The van der Waals surface area contributed by atoms with E-state index in [1.807, 2.05) is 12.1 Å². The lowest BCUT2D eigenvalue weighted by Crippen LogP contribution is -2.35. The Hall–Kier alpha value is -0.970. The second-order valence-corrected chi connectivity index (χ2v) is 6.04. The SMILES string of the molecule is CN1CCC(CN(C)Cc2cccc(CN)c2F)CC1. The second kappa shape index (κ2) is 7.16. The fourth-order valence-corrected chi connectivity index (χ4v) is 2.95. The first kappa shape index (κ1) is 15.4. The molecule has 4 heteroatoms. The van der Waals surface area contributed by atoms with Crippen LogP contribution in [0.5, 0.6) is 0 Å². The molecule has 0 aromatic heterocycles. The maximum Gasteiger partial charge on any atom is 0.132 e. The van der Waals surface area contributed by atoms with Gasteiger partial charge in [-0.25, -0.2) is 4.39 Å². The van der Waals surface area contributed by atoms with Crippen LogP contribution in [0, 0.1) is 11.7 Å². The molecule has 20 heavy (non-hydrogen) atoms. The molecule has 1 heterocycles. The van der Waals surface area contributed by atoms with E-state index in [0.717, 1.165) is 18.0 Å². The zero-order valence-electron chi connectivity index (χ0n) is 12.6. The summed E-state index contributed by atoms with van der Waals surface area (Å²) in [4.78, 5) is 4.61. The van der Waals surface area contributed by atoms with Crippen LogP contribution in [0.15, 0.2) is 18.2 Å². The minimum absolute atomic E-state index is 0.134. The van der Waals surface area contributed by atoms with Gasteiger partial charge in [0.05, 0.1) is 0 Å². The van der Waals surface area contributed by atoms with E-state index in [2.05, 4.69) is 23.9 Å². The summed E-state index contributed by atoms with van der Waals surface area (Å²) in [5.41, 5.74) is 6.91. The number of nitrogens with two attached hydrogens (primary N) is 1. The van der Waals surface area contributed by atoms with Crippen molar-refractivity contribution in [2.45, 2.75) is 25.9 Å². The molecule has 112 valence electrons. The molecular weight excluding hydrogens is 253 g/mol. The number of benzene rings is 1. The molecule has 0 aliphatic carbocycles. The number of piperidine rings is 1. The molecule has 1 aromatic carbocycles. The van der Waals surface area contributed by atoms with Gasteiger partial charge in [-0.05, 0) is 45.9 Å². The van der Waals surface area contributed by atoms with Gasteiger partial charge in [-0.3, -0.25) is 0 Å². The van der Waals surface area contributed by atoms with Crippen LogP contribution < -0.4 is 5.73 Å². The maximum atomic E-state index is 14.1. The fourth-order valence-electron chi connectivity index (χ4n) is 2.95. The van der Waals surface area contributed by atoms with Crippen molar-refractivity contribution < 1.29 is 4.39 Å². The highest BCUT2D eigenvalue weighted by atomic mass is 19.1. The van der Waals surface area contributed by atoms with Crippen molar-refractivity contribution >= 4 is 0 Å². The Balaban J connectivity index is 1.89. The van der Waals surface area contributed by atoms with Crippen molar-refractivity contribution in [1.29, 1.82) is 0 Å². The molecule has 0 spiro atoms. The van der Waals surface area contributed by atoms with Crippen molar-refractivity contribution in [2.24, 2.45) is 11.7 Å². The summed E-state index contributed by atoms with van der Waals surface area (Å²) in [7, 11) is 4.25. The molecule has 1 saturated heterocycles. The van der Waals surface area contributed by atoms with E-state index in [0.29, 0.717) is 12.1 Å². The van der Waals surface area contributed by atoms with E-state index in [9.17, 15) is 4.39 Å². The normalized spacial score (nSPS) is 17.9. The summed E-state index contributed by atoms with van der Waals surface area (Å²) in [5.74, 6) is 0.599. The smallest absolute Gasteiger partial charge is 0.132 e. The van der Waals surface area contributed by atoms with E-state index < -0.39 is 0 Å². The maximum absolute atomic E-state index is 14.1. The van der Waals surface area contributed by atoms with Gasteiger partial charge in [0.25, 0.3) is 0 Å². The monoisotopic (exact) mass is 279 g/mol. The molecule has 2 N–H and O–H groups in total. The van der Waals surface area contributed by atoms with Crippen LogP contribution in [0.25, 0.3) is 0 Å². The molecular formula is C16H26FN3. The molecule has 0 radical (unpaired) electrons. The van der Waals surface area contributed by atoms with Gasteiger partial charge in [0.15, 0.2) is 0 Å². The summed E-state index contributed by atoms with van der Waals surface area (Å²) >= 11 is 0. The predicted molar refractivity (Wildman–Crippen MR) is 80.8 cm³/mol. The summed E-state index contributed by atoms with van der Waals surface area (Å²) in [6, 6.07) is 5.51. The lowest BCUT2D eigenvalue weighted by Gasteiger charge is -2.31. The molecule has 2 rings (SSSR count). The molecule has 0 atom stereocenters. The standard InChI is InChI=1S/C16H26FN3/c1-19-8-6-13(7-9-19)11-20(2)12-15-5-3-4-14(10-18)16(15)17/h3-5,13H,6-12,18H2,1-2H3. The van der Waals surface area contributed by atoms with Crippen LogP contribution >= 0.6 is 0 Å². The fraction of sp³-hybridized carbons (Fsp3) is 0.625. The molecule has 1 aliphatic heterocycles. The van der Waals surface area contributed by atoms with E-state index >= 15 is 0 Å². The van der Waals surface area contributed by atoms with Gasteiger partial charge in [-0.15, -0.1) is 0 Å². The van der Waals surface area contributed by atoms with Crippen molar-refractivity contribution in [3.63, 3.8) is 0 Å². The summed E-state index contributed by atoms with van der Waals surface area (Å²) in [5, 5.41) is 0. The van der Waals surface area contributed by atoms with Gasteiger partial charge < -0.3 is 15.5 Å². The third kappa shape index (κ3) is 4.01. The Morgan fingerprint density at radius 1 is 1.30 bits per heavy atom. The summed E-state index contributed by atoms with van der Waals surface area (Å²) < 4.78 is 14.1. The third-order valence-corrected chi connectivity index (χ3v) is 4.23. The van der Waals surface area contributed by atoms with Crippen LogP contribution in [-0.4, -0.2) is 43.5 Å². The molecule has 1 aromatic rings. The highest BCUT2D eigenvalue weighted by Crippen LogP contribution is 2.19. The number of nitrogens with zero attached hydrogens (tertiary/aromatic N) is 2. The van der Waals surface area contributed by atoms with Gasteiger partial charge in [-0.2, -0.15) is 0 Å². The molecule has 0 unspecified atom stereocenters. The largest absolute Gasteiger partial charge is 0.326 e. The van der Waals surface area contributed by atoms with Crippen molar-refractivity contribution in [2.75, 3.05) is 33.7 Å². The first-order valence-electron chi connectivity index (χ1n) is 7.43. The minimum atomic E-state index is -0.134. The highest BCUT2D eigenvalue weighted by Gasteiger charge is 2.18. The lowest BCUT2D eigenvalue weighted by atomic mass is 9.96. The highest BCUT2D eigenvalue weighted by molar-refractivity contribution is 5.25. The predicted octanol–water partition coefficient (Wildman–Crippen LogP) is 2.06. The van der Waals surface area contributed by atoms with Crippen LogP contribution in [0.1, 0.15) is 24.0 Å². The summed E-state index contributed by atoms with van der Waals surface area (Å²) in [6.45, 7) is 4.32. The number of halogens is 1. The van der Waals surface area contributed by atoms with Crippen LogP contribution in [-0.2, 0) is 13.1 Å². The zero-order valence-corrected chi connectivity index (χ0v) is 12.6. The Morgan fingerprint density at radius 3 is 2.60 bits per heavy atom. The Morgan fingerprint density at radius 2 is 1.95 bits per heavy atom. The third-order valence-electron chi connectivity index (χ3n) is 4.23. The van der Waals surface area contributed by atoms with Gasteiger partial charge >= 0.3 is 0 Å². The number of hydrogen-bond donors (Lipinski definition) is 1. The molecule has 0 saturated carbocycles. The van der Waals surface area contributed by atoms with E-state index in [-0.39, 0.29) is 12.4 Å². The average Bonchev–Trinajstić information content (AvgIpc) is 2.44. The molecule has 0 amide bonds. The first-order valence-corrected chi connectivity index (χ1v) is 7.43. The van der Waals surface area contributed by atoms with Crippen LogP contribution in [0.3, 0.4) is 0 Å². The zero-order chi connectivity index (χ0) is 14.5. The van der Waals surface area contributed by atoms with Gasteiger partial charge in [0, 0.05) is 30.8 Å². The molecule has 0 bridgehead atoms. The Bertz CT molecular complexity index is 428. The number of hydrogen-bond acceptors (Lipinski definition) is 3. The van der Waals surface area contributed by atoms with Crippen molar-refractivity contribution in [3.8, 4) is 0 Å². The van der Waals surface area contributed by atoms with E-state index in [4.69, 9.17) is 5.73 Å². The van der Waals surface area contributed by atoms with Gasteiger partial charge in [-0.1, -0.05) is 18.2 Å². The lowest BCUT2D eigenvalue weighted by molar-refractivity contribution is 0.172. The number of rotatable bonds is 5. The van der Waals surface area contributed by atoms with Crippen molar-refractivity contribution in [3.05, 3.63) is 35.1 Å². The average molecular weight is 279 g/mol. The molecule has 3 nitrogen and oxygen atoms in total. The molecule has 1 aliphatic rings. The van der Waals surface area contributed by atoms with Crippen LogP contribution in [0.4, 0.5) is 4.39 Å². The first-order chi connectivity index (χ1) is 9.60. The van der Waals surface area contributed by atoms with Gasteiger partial charge in [0.1, 0.15) is 5.82 Å². The topological polar surface area (TPSA) is 32.5 Å². The van der Waals surface area contributed by atoms with Gasteiger partial charge in [0.2, 0.25) is 0 Å². The van der Waals surface area contributed by atoms with E-state index in [1.54, 1.807) is 6.07 Å². The van der Waals surface area contributed by atoms with Crippen molar-refractivity contribution in [1.82, 2.24) is 9.80 Å². The Kier molecular flexibility index (Phi) is 5.52. The number of likely N-dealkylation sites (tertiary alicyclic amines) is 1. The minimum Gasteiger partial charge on any atom is -0.326 e. The van der Waals surface area contributed by atoms with E-state index in [1.165, 1.54) is 25.9 Å². The molecule has 1 fully saturated rings. The second-order valence-electron chi connectivity index (χ2n) is 6.04. The van der Waals surface area contributed by atoms with Crippen LogP contribution in [0.2, 0.25) is 0 Å².